The van der Waals surface area contributed by atoms with Crippen molar-refractivity contribution in [3.05, 3.63) is 30.0 Å². The van der Waals surface area contributed by atoms with Gasteiger partial charge in [0.15, 0.2) is 0 Å². The standard InChI is InChI=1S/C14H16F2N2O/c1-3-17-12-8-13(14(15)16)18-11-6-5-9(19-4-2)7-10(11)12/h5-8,14H,3-4H2,1-2H3,(H,17,18). The van der Waals surface area contributed by atoms with Crippen LogP contribution in [0, 0.1) is 0 Å². The molecular weight excluding hydrogens is 250 g/mol. The van der Waals surface area contributed by atoms with Crippen LogP contribution < -0.4 is 10.1 Å². The summed E-state index contributed by atoms with van der Waals surface area (Å²) in [6.45, 7) is 5.03. The zero-order valence-electron chi connectivity index (χ0n) is 10.9. The van der Waals surface area contributed by atoms with Crippen LogP contribution in [-0.4, -0.2) is 18.1 Å². The molecule has 102 valence electrons. The second kappa shape index (κ2) is 5.82. The number of halogens is 2. The molecule has 1 heterocycles. The summed E-state index contributed by atoms with van der Waals surface area (Å²) in [6, 6.07) is 6.65. The number of hydrogen-bond donors (Lipinski definition) is 1. The van der Waals surface area contributed by atoms with Gasteiger partial charge in [0.1, 0.15) is 11.4 Å². The minimum absolute atomic E-state index is 0.215. The topological polar surface area (TPSA) is 34.2 Å². The summed E-state index contributed by atoms with van der Waals surface area (Å²) < 4.78 is 31.0. The van der Waals surface area contributed by atoms with Crippen molar-refractivity contribution in [2.24, 2.45) is 0 Å². The van der Waals surface area contributed by atoms with Crippen molar-refractivity contribution in [2.45, 2.75) is 20.3 Å². The molecule has 0 spiro atoms. The number of fused-ring (bicyclic) bond motifs is 1. The summed E-state index contributed by atoms with van der Waals surface area (Å²) in [6.07, 6.45) is -2.58. The molecule has 2 rings (SSSR count). The maximum Gasteiger partial charge on any atom is 0.280 e. The largest absolute Gasteiger partial charge is 0.494 e. The molecule has 0 unspecified atom stereocenters. The van der Waals surface area contributed by atoms with Crippen molar-refractivity contribution in [1.82, 2.24) is 4.98 Å². The van der Waals surface area contributed by atoms with Crippen molar-refractivity contribution in [1.29, 1.82) is 0 Å². The van der Waals surface area contributed by atoms with Gasteiger partial charge in [-0.2, -0.15) is 0 Å². The van der Waals surface area contributed by atoms with E-state index >= 15 is 0 Å². The van der Waals surface area contributed by atoms with Gasteiger partial charge in [0, 0.05) is 17.6 Å². The van der Waals surface area contributed by atoms with E-state index in [1.165, 1.54) is 6.07 Å². The summed E-state index contributed by atoms with van der Waals surface area (Å²) in [4.78, 5) is 3.97. The number of benzene rings is 1. The molecule has 1 aromatic heterocycles. The first-order valence-corrected chi connectivity index (χ1v) is 6.25. The first-order valence-electron chi connectivity index (χ1n) is 6.25. The van der Waals surface area contributed by atoms with Crippen LogP contribution >= 0.6 is 0 Å². The third-order valence-corrected chi connectivity index (χ3v) is 2.70. The van der Waals surface area contributed by atoms with Gasteiger partial charge in [-0.25, -0.2) is 13.8 Å². The average molecular weight is 266 g/mol. The highest BCUT2D eigenvalue weighted by Crippen LogP contribution is 2.30. The maximum atomic E-state index is 12.8. The number of nitrogens with one attached hydrogen (secondary N) is 1. The SMILES string of the molecule is CCNc1cc(C(F)F)nc2ccc(OCC)cc12. The Morgan fingerprint density at radius 1 is 1.26 bits per heavy atom. The maximum absolute atomic E-state index is 12.8. The zero-order valence-corrected chi connectivity index (χ0v) is 10.9. The highest BCUT2D eigenvalue weighted by atomic mass is 19.3. The summed E-state index contributed by atoms with van der Waals surface area (Å²) >= 11 is 0. The number of anilines is 1. The third-order valence-electron chi connectivity index (χ3n) is 2.70. The molecule has 19 heavy (non-hydrogen) atoms. The van der Waals surface area contributed by atoms with Gasteiger partial charge >= 0.3 is 0 Å². The van der Waals surface area contributed by atoms with Crippen molar-refractivity contribution in [2.75, 3.05) is 18.5 Å². The molecular formula is C14H16F2N2O. The predicted octanol–water partition coefficient (Wildman–Crippen LogP) is 4.00. The van der Waals surface area contributed by atoms with E-state index in [2.05, 4.69) is 10.3 Å². The van der Waals surface area contributed by atoms with Gasteiger partial charge in [-0.1, -0.05) is 0 Å². The first-order chi connectivity index (χ1) is 9.15. The average Bonchev–Trinajstić information content (AvgIpc) is 2.39. The Morgan fingerprint density at radius 2 is 2.05 bits per heavy atom. The molecule has 0 aliphatic heterocycles. The predicted molar refractivity (Wildman–Crippen MR) is 72.0 cm³/mol. The van der Waals surface area contributed by atoms with E-state index in [-0.39, 0.29) is 5.69 Å². The molecule has 0 bridgehead atoms. The Kier molecular flexibility index (Phi) is 4.14. The van der Waals surface area contributed by atoms with Crippen LogP contribution in [0.1, 0.15) is 26.0 Å². The molecule has 0 atom stereocenters. The van der Waals surface area contributed by atoms with E-state index in [9.17, 15) is 8.78 Å². The van der Waals surface area contributed by atoms with E-state index in [1.54, 1.807) is 12.1 Å². The van der Waals surface area contributed by atoms with Gasteiger partial charge in [-0.3, -0.25) is 0 Å². The van der Waals surface area contributed by atoms with Crippen molar-refractivity contribution < 1.29 is 13.5 Å². The van der Waals surface area contributed by atoms with E-state index in [0.717, 1.165) is 5.39 Å². The number of alkyl halides is 2. The minimum atomic E-state index is -2.58. The lowest BCUT2D eigenvalue weighted by Gasteiger charge is -2.12. The fraction of sp³-hybridized carbons (Fsp3) is 0.357. The van der Waals surface area contributed by atoms with Crippen LogP contribution in [0.4, 0.5) is 14.5 Å². The number of rotatable bonds is 5. The van der Waals surface area contributed by atoms with Gasteiger partial charge in [-0.05, 0) is 38.1 Å². The second-order valence-corrected chi connectivity index (χ2v) is 4.04. The highest BCUT2D eigenvalue weighted by molar-refractivity contribution is 5.92. The van der Waals surface area contributed by atoms with Gasteiger partial charge in [-0.15, -0.1) is 0 Å². The number of aromatic nitrogens is 1. The molecule has 1 aromatic carbocycles. The van der Waals surface area contributed by atoms with Crippen LogP contribution in [0.3, 0.4) is 0 Å². The smallest absolute Gasteiger partial charge is 0.280 e. The molecule has 1 N–H and O–H groups in total. The summed E-state index contributed by atoms with van der Waals surface area (Å²) in [5, 5.41) is 3.88. The number of nitrogens with zero attached hydrogens (tertiary/aromatic N) is 1. The fourth-order valence-electron chi connectivity index (χ4n) is 1.93. The molecule has 0 saturated carbocycles. The summed E-state index contributed by atoms with van der Waals surface area (Å²) in [7, 11) is 0. The van der Waals surface area contributed by atoms with Crippen molar-refractivity contribution >= 4 is 16.6 Å². The van der Waals surface area contributed by atoms with E-state index < -0.39 is 6.43 Å². The lowest BCUT2D eigenvalue weighted by molar-refractivity contribution is 0.146. The monoisotopic (exact) mass is 266 g/mol. The Bertz CT molecular complexity index is 573. The highest BCUT2D eigenvalue weighted by Gasteiger charge is 2.13. The summed E-state index contributed by atoms with van der Waals surface area (Å²) in [5.74, 6) is 0.709. The molecule has 3 nitrogen and oxygen atoms in total. The van der Waals surface area contributed by atoms with Gasteiger partial charge in [0.25, 0.3) is 6.43 Å². The Hall–Kier alpha value is -1.91. The Labute approximate surface area is 110 Å². The van der Waals surface area contributed by atoms with Crippen LogP contribution in [0.2, 0.25) is 0 Å². The van der Waals surface area contributed by atoms with E-state index in [1.807, 2.05) is 19.9 Å². The molecule has 0 saturated heterocycles. The lowest BCUT2D eigenvalue weighted by Crippen LogP contribution is -2.01. The minimum Gasteiger partial charge on any atom is -0.494 e. The number of hydrogen-bond acceptors (Lipinski definition) is 3. The first kappa shape index (κ1) is 13.5. The normalized spacial score (nSPS) is 11.0. The molecule has 0 radical (unpaired) electrons. The van der Waals surface area contributed by atoms with Crippen LogP contribution in [0.5, 0.6) is 5.75 Å². The zero-order chi connectivity index (χ0) is 13.8. The van der Waals surface area contributed by atoms with E-state index in [4.69, 9.17) is 4.74 Å². The second-order valence-electron chi connectivity index (χ2n) is 4.04. The fourth-order valence-corrected chi connectivity index (χ4v) is 1.93. The lowest BCUT2D eigenvalue weighted by atomic mass is 10.1. The molecule has 2 aromatic rings. The molecule has 0 aliphatic rings. The van der Waals surface area contributed by atoms with Gasteiger partial charge < -0.3 is 10.1 Å². The quantitative estimate of drug-likeness (QED) is 0.888. The van der Waals surface area contributed by atoms with Crippen molar-refractivity contribution in [3.8, 4) is 5.75 Å². The molecule has 0 amide bonds. The van der Waals surface area contributed by atoms with Gasteiger partial charge in [0.2, 0.25) is 0 Å². The Morgan fingerprint density at radius 3 is 2.68 bits per heavy atom. The molecule has 0 fully saturated rings. The number of pyridine rings is 1. The Balaban J connectivity index is 2.57. The third kappa shape index (κ3) is 2.92. The van der Waals surface area contributed by atoms with Crippen LogP contribution in [0.25, 0.3) is 10.9 Å². The molecule has 0 aliphatic carbocycles. The van der Waals surface area contributed by atoms with Crippen LogP contribution in [-0.2, 0) is 0 Å². The van der Waals surface area contributed by atoms with Gasteiger partial charge in [0.05, 0.1) is 12.1 Å². The van der Waals surface area contributed by atoms with Crippen molar-refractivity contribution in [3.63, 3.8) is 0 Å². The van der Waals surface area contributed by atoms with Crippen LogP contribution in [0.15, 0.2) is 24.3 Å². The molecule has 5 heteroatoms. The van der Waals surface area contributed by atoms with E-state index in [0.29, 0.717) is 30.1 Å². The summed E-state index contributed by atoms with van der Waals surface area (Å²) in [5.41, 5.74) is 0.981. The number of ether oxygens (including phenoxy) is 1.